The Bertz CT molecular complexity index is 760. The highest BCUT2D eigenvalue weighted by atomic mass is 16.2. The van der Waals surface area contributed by atoms with Crippen molar-refractivity contribution in [2.45, 2.75) is 58.5 Å². The monoisotopic (exact) mass is 356 g/mol. The predicted molar refractivity (Wildman–Crippen MR) is 102 cm³/mol. The van der Waals surface area contributed by atoms with Gasteiger partial charge in [-0.1, -0.05) is 31.9 Å². The Hall–Kier alpha value is -2.37. The van der Waals surface area contributed by atoms with E-state index in [-0.39, 0.29) is 11.8 Å². The van der Waals surface area contributed by atoms with Crippen LogP contribution in [0.5, 0.6) is 0 Å². The number of rotatable bonds is 6. The van der Waals surface area contributed by atoms with Crippen molar-refractivity contribution in [3.8, 4) is 0 Å². The molecule has 1 aromatic heterocycles. The summed E-state index contributed by atoms with van der Waals surface area (Å²) >= 11 is 0. The number of imidazole rings is 1. The molecule has 1 aliphatic heterocycles. The molecule has 2 heterocycles. The van der Waals surface area contributed by atoms with E-state index in [1.165, 1.54) is 12.8 Å². The Labute approximate surface area is 154 Å². The fourth-order valence-corrected chi connectivity index (χ4v) is 3.50. The Morgan fingerprint density at radius 3 is 2.58 bits per heavy atom. The van der Waals surface area contributed by atoms with Crippen molar-refractivity contribution in [2.24, 2.45) is 0 Å². The summed E-state index contributed by atoms with van der Waals surface area (Å²) in [4.78, 5) is 30.9. The lowest BCUT2D eigenvalue weighted by Crippen LogP contribution is -2.32. The summed E-state index contributed by atoms with van der Waals surface area (Å²) in [6.07, 6.45) is 5.57. The molecular weight excluding hydrogens is 328 g/mol. The highest BCUT2D eigenvalue weighted by Crippen LogP contribution is 2.18. The van der Waals surface area contributed by atoms with Gasteiger partial charge < -0.3 is 14.8 Å². The first-order valence-corrected chi connectivity index (χ1v) is 9.67. The van der Waals surface area contributed by atoms with E-state index in [2.05, 4.69) is 14.9 Å². The van der Waals surface area contributed by atoms with E-state index in [0.717, 1.165) is 42.8 Å². The fourth-order valence-electron chi connectivity index (χ4n) is 3.50. The summed E-state index contributed by atoms with van der Waals surface area (Å²) in [7, 11) is 0. The molecule has 2 aromatic rings. The number of carbonyl (C=O) groups excluding carboxylic acids is 2. The van der Waals surface area contributed by atoms with Crippen molar-refractivity contribution in [1.82, 2.24) is 19.8 Å². The molecule has 0 unspecified atom stereocenters. The van der Waals surface area contributed by atoms with Gasteiger partial charge in [0.2, 0.25) is 11.8 Å². The molecule has 0 spiro atoms. The average molecular weight is 356 g/mol. The van der Waals surface area contributed by atoms with Crippen LogP contribution in [0.2, 0.25) is 0 Å². The highest BCUT2D eigenvalue weighted by molar-refractivity contribution is 5.78. The summed E-state index contributed by atoms with van der Waals surface area (Å²) in [6.45, 7) is 4.57. The first-order chi connectivity index (χ1) is 12.7. The summed E-state index contributed by atoms with van der Waals surface area (Å²) in [5.41, 5.74) is 1.91. The minimum absolute atomic E-state index is 0.00393. The van der Waals surface area contributed by atoms with Gasteiger partial charge in [-0.05, 0) is 25.0 Å². The molecule has 6 heteroatoms. The quantitative estimate of drug-likeness (QED) is 0.865. The van der Waals surface area contributed by atoms with Gasteiger partial charge >= 0.3 is 0 Å². The number of aromatic nitrogens is 2. The summed E-state index contributed by atoms with van der Waals surface area (Å²) < 4.78 is 2.07. The van der Waals surface area contributed by atoms with Gasteiger partial charge in [0.1, 0.15) is 5.82 Å². The Kier molecular flexibility index (Phi) is 6.26. The van der Waals surface area contributed by atoms with E-state index < -0.39 is 0 Å². The zero-order chi connectivity index (χ0) is 18.4. The minimum atomic E-state index is 0.00393. The third-order valence-electron chi connectivity index (χ3n) is 5.01. The standard InChI is InChI=1S/C20H28N4O2/c1-2-19(25)21-15-18-22-16-9-5-6-10-17(16)24(18)14-11-20(26)23-12-7-3-4-8-13-23/h5-6,9-10H,2-4,7-8,11-15H2,1H3,(H,21,25). The van der Waals surface area contributed by atoms with E-state index in [0.29, 0.717) is 25.9 Å². The number of nitrogens with one attached hydrogen (secondary N) is 1. The number of fused-ring (bicyclic) bond motifs is 1. The summed E-state index contributed by atoms with van der Waals surface area (Å²) in [5.74, 6) is 1.02. The van der Waals surface area contributed by atoms with Gasteiger partial charge in [-0.2, -0.15) is 0 Å². The molecule has 3 rings (SSSR count). The molecular formula is C20H28N4O2. The first kappa shape index (κ1) is 18.4. The number of amides is 2. The van der Waals surface area contributed by atoms with Crippen molar-refractivity contribution in [1.29, 1.82) is 0 Å². The fraction of sp³-hybridized carbons (Fsp3) is 0.550. The molecule has 140 valence electrons. The molecule has 6 nitrogen and oxygen atoms in total. The van der Waals surface area contributed by atoms with Crippen LogP contribution < -0.4 is 5.32 Å². The van der Waals surface area contributed by atoms with Gasteiger partial charge in [0.25, 0.3) is 0 Å². The van der Waals surface area contributed by atoms with Gasteiger partial charge in [-0.25, -0.2) is 4.98 Å². The molecule has 26 heavy (non-hydrogen) atoms. The van der Waals surface area contributed by atoms with Gasteiger partial charge in [-0.3, -0.25) is 9.59 Å². The first-order valence-electron chi connectivity index (χ1n) is 9.67. The van der Waals surface area contributed by atoms with Gasteiger partial charge in [0.15, 0.2) is 0 Å². The number of para-hydroxylation sites is 2. The Balaban J connectivity index is 1.72. The average Bonchev–Trinajstić information content (AvgIpc) is 2.83. The van der Waals surface area contributed by atoms with Crippen LogP contribution in [0.1, 0.15) is 51.3 Å². The maximum atomic E-state index is 12.6. The van der Waals surface area contributed by atoms with Crippen molar-refractivity contribution in [3.05, 3.63) is 30.1 Å². The molecule has 2 amide bonds. The van der Waals surface area contributed by atoms with Gasteiger partial charge in [0.05, 0.1) is 17.6 Å². The molecule has 0 atom stereocenters. The zero-order valence-corrected chi connectivity index (χ0v) is 15.5. The second-order valence-electron chi connectivity index (χ2n) is 6.84. The van der Waals surface area contributed by atoms with Crippen LogP contribution in [-0.2, 0) is 22.7 Å². The Morgan fingerprint density at radius 2 is 1.85 bits per heavy atom. The smallest absolute Gasteiger partial charge is 0.224 e. The van der Waals surface area contributed by atoms with E-state index in [1.807, 2.05) is 36.1 Å². The van der Waals surface area contributed by atoms with Crippen LogP contribution in [0.4, 0.5) is 0 Å². The molecule has 0 saturated carbocycles. The van der Waals surface area contributed by atoms with Crippen molar-refractivity contribution >= 4 is 22.8 Å². The number of carbonyl (C=O) groups is 2. The second kappa shape index (κ2) is 8.83. The number of hydrogen-bond acceptors (Lipinski definition) is 3. The third-order valence-corrected chi connectivity index (χ3v) is 5.01. The largest absolute Gasteiger partial charge is 0.349 e. The summed E-state index contributed by atoms with van der Waals surface area (Å²) in [6, 6.07) is 7.92. The van der Waals surface area contributed by atoms with Crippen LogP contribution in [0, 0.1) is 0 Å². The lowest BCUT2D eigenvalue weighted by atomic mass is 10.2. The molecule has 1 fully saturated rings. The lowest BCUT2D eigenvalue weighted by Gasteiger charge is -2.20. The highest BCUT2D eigenvalue weighted by Gasteiger charge is 2.17. The lowest BCUT2D eigenvalue weighted by molar-refractivity contribution is -0.131. The third kappa shape index (κ3) is 4.42. The van der Waals surface area contributed by atoms with Gasteiger partial charge in [0, 0.05) is 32.5 Å². The molecule has 1 aliphatic rings. The Morgan fingerprint density at radius 1 is 1.12 bits per heavy atom. The normalized spacial score (nSPS) is 15.0. The van der Waals surface area contributed by atoms with E-state index in [9.17, 15) is 9.59 Å². The SMILES string of the molecule is CCC(=O)NCc1nc2ccccc2n1CCC(=O)N1CCCCCC1. The molecule has 0 bridgehead atoms. The van der Waals surface area contributed by atoms with Crippen molar-refractivity contribution in [3.63, 3.8) is 0 Å². The topological polar surface area (TPSA) is 67.2 Å². The zero-order valence-electron chi connectivity index (χ0n) is 15.5. The van der Waals surface area contributed by atoms with Crippen molar-refractivity contribution < 1.29 is 9.59 Å². The maximum Gasteiger partial charge on any atom is 0.224 e. The van der Waals surface area contributed by atoms with Crippen LogP contribution in [-0.4, -0.2) is 39.4 Å². The molecule has 1 aromatic carbocycles. The number of benzene rings is 1. The van der Waals surface area contributed by atoms with Crippen LogP contribution in [0.25, 0.3) is 11.0 Å². The van der Waals surface area contributed by atoms with E-state index in [4.69, 9.17) is 0 Å². The van der Waals surface area contributed by atoms with E-state index in [1.54, 1.807) is 0 Å². The second-order valence-corrected chi connectivity index (χ2v) is 6.84. The van der Waals surface area contributed by atoms with Crippen LogP contribution >= 0.6 is 0 Å². The van der Waals surface area contributed by atoms with Crippen LogP contribution in [0.15, 0.2) is 24.3 Å². The number of hydrogen-bond donors (Lipinski definition) is 1. The van der Waals surface area contributed by atoms with Crippen LogP contribution in [0.3, 0.4) is 0 Å². The summed E-state index contributed by atoms with van der Waals surface area (Å²) in [5, 5.41) is 2.89. The number of aryl methyl sites for hydroxylation is 1. The van der Waals surface area contributed by atoms with E-state index >= 15 is 0 Å². The predicted octanol–water partition coefficient (Wildman–Crippen LogP) is 2.86. The van der Waals surface area contributed by atoms with Gasteiger partial charge in [-0.15, -0.1) is 0 Å². The molecule has 0 radical (unpaired) electrons. The molecule has 1 saturated heterocycles. The maximum absolute atomic E-state index is 12.6. The molecule has 0 aliphatic carbocycles. The van der Waals surface area contributed by atoms with Crippen molar-refractivity contribution in [2.75, 3.05) is 13.1 Å². The number of likely N-dealkylation sites (tertiary alicyclic amines) is 1. The molecule has 1 N–H and O–H groups in total. The minimum Gasteiger partial charge on any atom is -0.349 e. The number of nitrogens with zero attached hydrogens (tertiary/aromatic N) is 3.